The first-order valence-electron chi connectivity index (χ1n) is 10.0. The van der Waals surface area contributed by atoms with Gasteiger partial charge in [0.25, 0.3) is 5.91 Å². The Morgan fingerprint density at radius 1 is 1.12 bits per heavy atom. The van der Waals surface area contributed by atoms with Crippen molar-refractivity contribution in [3.8, 4) is 0 Å². The molecule has 4 N–H and O–H groups in total. The van der Waals surface area contributed by atoms with Gasteiger partial charge in [0.05, 0.1) is 12.8 Å². The van der Waals surface area contributed by atoms with Crippen LogP contribution in [0, 0.1) is 17.8 Å². The average Bonchev–Trinajstić information content (AvgIpc) is 3.35. The highest BCUT2D eigenvalue weighted by Gasteiger charge is 2.44. The Morgan fingerprint density at radius 3 is 2.73 bits per heavy atom. The lowest BCUT2D eigenvalue weighted by Gasteiger charge is -2.36. The fourth-order valence-corrected chi connectivity index (χ4v) is 5.22. The molecule has 8 nitrogen and oxygen atoms in total. The van der Waals surface area contributed by atoms with Crippen LogP contribution in [0.3, 0.4) is 0 Å². The van der Waals surface area contributed by atoms with E-state index in [1.54, 1.807) is 7.11 Å². The number of amides is 1. The van der Waals surface area contributed by atoms with E-state index < -0.39 is 0 Å². The number of methoxy groups -OCH3 is 1. The quantitative estimate of drug-likeness (QED) is 0.558. The van der Waals surface area contributed by atoms with Crippen molar-refractivity contribution in [1.82, 2.24) is 21.6 Å². The minimum absolute atomic E-state index is 0.0459. The minimum atomic E-state index is -0.345. The second-order valence-corrected chi connectivity index (χ2v) is 8.37. The summed E-state index contributed by atoms with van der Waals surface area (Å²) >= 11 is 0. The first-order valence-corrected chi connectivity index (χ1v) is 10.0. The molecule has 8 atom stereocenters. The standard InChI is InChI=1S/C18H32N4O4/c1-10-7-15(25-21-10)18(23)19-14-6-4-11-8-12(3-5-13(11)14)17-20-16(9-24-2)26-22-17/h10-17,20-22H,3-9H2,1-2H3,(H,19,23)/t10?,11?,12?,13?,14-,15?,16?,17?/m1/s1. The zero-order valence-corrected chi connectivity index (χ0v) is 15.7. The van der Waals surface area contributed by atoms with Gasteiger partial charge in [-0.05, 0) is 56.8 Å². The van der Waals surface area contributed by atoms with Gasteiger partial charge >= 0.3 is 0 Å². The summed E-state index contributed by atoms with van der Waals surface area (Å²) in [4.78, 5) is 23.4. The minimum Gasteiger partial charge on any atom is -0.380 e. The summed E-state index contributed by atoms with van der Waals surface area (Å²) in [5, 5.41) is 6.75. The molecule has 0 aromatic carbocycles. The molecule has 4 rings (SSSR count). The van der Waals surface area contributed by atoms with Crippen LogP contribution in [0.15, 0.2) is 0 Å². The van der Waals surface area contributed by atoms with E-state index in [1.807, 2.05) is 6.92 Å². The monoisotopic (exact) mass is 368 g/mol. The molecule has 4 fully saturated rings. The van der Waals surface area contributed by atoms with Gasteiger partial charge in [0.15, 0.2) is 12.3 Å². The highest BCUT2D eigenvalue weighted by Crippen LogP contribution is 2.45. The highest BCUT2D eigenvalue weighted by molar-refractivity contribution is 5.81. The van der Waals surface area contributed by atoms with E-state index in [4.69, 9.17) is 14.4 Å². The summed E-state index contributed by atoms with van der Waals surface area (Å²) in [5.74, 6) is 1.89. The number of rotatable bonds is 5. The Bertz CT molecular complexity index is 508. The van der Waals surface area contributed by atoms with Gasteiger partial charge in [0.1, 0.15) is 0 Å². The van der Waals surface area contributed by atoms with Crippen LogP contribution in [-0.2, 0) is 19.2 Å². The molecule has 7 unspecified atom stereocenters. The van der Waals surface area contributed by atoms with Crippen LogP contribution < -0.4 is 21.6 Å². The van der Waals surface area contributed by atoms with Crippen LogP contribution in [0.4, 0.5) is 0 Å². The summed E-state index contributed by atoms with van der Waals surface area (Å²) in [6, 6.07) is 0.544. The summed E-state index contributed by atoms with van der Waals surface area (Å²) in [6.45, 7) is 2.58. The van der Waals surface area contributed by atoms with Gasteiger partial charge < -0.3 is 10.1 Å². The Hall–Kier alpha value is -0.770. The number of fused-ring (bicyclic) bond motifs is 1. The maximum atomic E-state index is 12.5. The Balaban J connectivity index is 1.26. The summed E-state index contributed by atoms with van der Waals surface area (Å²) in [6.07, 6.45) is 6.31. The number of ether oxygens (including phenoxy) is 1. The Labute approximate surface area is 155 Å². The first kappa shape index (κ1) is 18.6. The van der Waals surface area contributed by atoms with Crippen molar-refractivity contribution in [3.63, 3.8) is 0 Å². The number of hydroxylamine groups is 2. The fourth-order valence-electron chi connectivity index (χ4n) is 5.22. The lowest BCUT2D eigenvalue weighted by molar-refractivity contribution is -0.134. The van der Waals surface area contributed by atoms with Crippen LogP contribution in [0.5, 0.6) is 0 Å². The van der Waals surface area contributed by atoms with E-state index in [-0.39, 0.29) is 30.4 Å². The van der Waals surface area contributed by atoms with Crippen LogP contribution in [0.1, 0.15) is 45.4 Å². The molecule has 0 bridgehead atoms. The third kappa shape index (κ3) is 3.90. The maximum absolute atomic E-state index is 12.5. The van der Waals surface area contributed by atoms with Crippen LogP contribution in [0.25, 0.3) is 0 Å². The normalized spacial score (nSPS) is 45.6. The zero-order chi connectivity index (χ0) is 18.1. The van der Waals surface area contributed by atoms with Gasteiger partial charge in [-0.1, -0.05) is 0 Å². The van der Waals surface area contributed by atoms with Crippen molar-refractivity contribution in [2.75, 3.05) is 13.7 Å². The maximum Gasteiger partial charge on any atom is 0.251 e. The summed E-state index contributed by atoms with van der Waals surface area (Å²) in [7, 11) is 1.68. The molecule has 148 valence electrons. The molecule has 0 aromatic rings. The number of carbonyl (C=O) groups excluding carboxylic acids is 1. The van der Waals surface area contributed by atoms with Crippen molar-refractivity contribution < 1.29 is 19.2 Å². The predicted molar refractivity (Wildman–Crippen MR) is 94.4 cm³/mol. The lowest BCUT2D eigenvalue weighted by atomic mass is 9.74. The van der Waals surface area contributed by atoms with Gasteiger partial charge in [-0.25, -0.2) is 0 Å². The molecule has 8 heteroatoms. The Morgan fingerprint density at radius 2 is 1.96 bits per heavy atom. The zero-order valence-electron chi connectivity index (χ0n) is 15.7. The van der Waals surface area contributed by atoms with E-state index in [2.05, 4.69) is 21.6 Å². The van der Waals surface area contributed by atoms with E-state index in [0.717, 1.165) is 25.7 Å². The molecule has 0 aromatic heterocycles. The number of carbonyl (C=O) groups is 1. The van der Waals surface area contributed by atoms with Crippen molar-refractivity contribution in [3.05, 3.63) is 0 Å². The molecule has 1 amide bonds. The third-order valence-corrected chi connectivity index (χ3v) is 6.54. The molecular weight excluding hydrogens is 336 g/mol. The van der Waals surface area contributed by atoms with E-state index in [1.165, 1.54) is 12.8 Å². The number of hydrogen-bond acceptors (Lipinski definition) is 7. The fraction of sp³-hybridized carbons (Fsp3) is 0.944. The smallest absolute Gasteiger partial charge is 0.251 e. The van der Waals surface area contributed by atoms with Crippen molar-refractivity contribution in [2.45, 2.75) is 76.0 Å². The SMILES string of the molecule is COCC1NC(C2CCC3C(CC[C@H]3NC(=O)C3CC(C)NO3)C2)NO1. The van der Waals surface area contributed by atoms with Crippen molar-refractivity contribution in [1.29, 1.82) is 0 Å². The van der Waals surface area contributed by atoms with Crippen molar-refractivity contribution in [2.24, 2.45) is 17.8 Å². The van der Waals surface area contributed by atoms with Crippen LogP contribution >= 0.6 is 0 Å². The topological polar surface area (TPSA) is 92.9 Å². The molecule has 0 spiro atoms. The molecule has 2 saturated heterocycles. The van der Waals surface area contributed by atoms with Gasteiger partial charge in [-0.15, -0.1) is 0 Å². The Kier molecular flexibility index (Phi) is 5.78. The van der Waals surface area contributed by atoms with Gasteiger partial charge in [-0.2, -0.15) is 11.0 Å². The van der Waals surface area contributed by atoms with Gasteiger partial charge in [0.2, 0.25) is 0 Å². The van der Waals surface area contributed by atoms with Crippen LogP contribution in [-0.4, -0.2) is 50.2 Å². The van der Waals surface area contributed by atoms with Gasteiger partial charge in [0, 0.05) is 25.6 Å². The average molecular weight is 368 g/mol. The second kappa shape index (κ2) is 8.08. The second-order valence-electron chi connectivity index (χ2n) is 8.37. The summed E-state index contributed by atoms with van der Waals surface area (Å²) < 4.78 is 5.15. The van der Waals surface area contributed by atoms with E-state index in [9.17, 15) is 4.79 Å². The largest absolute Gasteiger partial charge is 0.380 e. The molecular formula is C18H32N4O4. The molecule has 2 aliphatic carbocycles. The molecule has 4 aliphatic rings. The molecule has 2 aliphatic heterocycles. The molecule has 2 saturated carbocycles. The first-order chi connectivity index (χ1) is 12.6. The van der Waals surface area contributed by atoms with Crippen molar-refractivity contribution >= 4 is 5.91 Å². The van der Waals surface area contributed by atoms with E-state index in [0.29, 0.717) is 30.4 Å². The number of nitrogens with one attached hydrogen (secondary N) is 4. The van der Waals surface area contributed by atoms with E-state index >= 15 is 0 Å². The predicted octanol–water partition coefficient (Wildman–Crippen LogP) is 0.403. The molecule has 26 heavy (non-hydrogen) atoms. The van der Waals surface area contributed by atoms with Gasteiger partial charge in [-0.3, -0.25) is 19.8 Å². The number of hydrogen-bond donors (Lipinski definition) is 4. The summed E-state index contributed by atoms with van der Waals surface area (Å²) in [5.41, 5.74) is 6.03. The van der Waals surface area contributed by atoms with Crippen LogP contribution in [0.2, 0.25) is 0 Å². The third-order valence-electron chi connectivity index (χ3n) is 6.54. The molecule has 0 radical (unpaired) electrons. The highest BCUT2D eigenvalue weighted by atomic mass is 16.7. The lowest BCUT2D eigenvalue weighted by Crippen LogP contribution is -2.47. The molecule has 2 heterocycles.